The van der Waals surface area contributed by atoms with Gasteiger partial charge in [-0.05, 0) is 45.8 Å². The Morgan fingerprint density at radius 2 is 1.90 bits per heavy atom. The summed E-state index contributed by atoms with van der Waals surface area (Å²) in [4.78, 5) is 13.5. The number of nitrogens with zero attached hydrogens (tertiary/aromatic N) is 1. The Bertz CT molecular complexity index is 411. The van der Waals surface area contributed by atoms with Gasteiger partial charge in [0.05, 0.1) is 5.75 Å². The minimum Gasteiger partial charge on any atom is -0.480 e. The van der Waals surface area contributed by atoms with E-state index < -0.39 is 21.3 Å². The molecule has 0 fully saturated rings. The molecule has 1 atom stereocenters. The fourth-order valence-corrected chi connectivity index (χ4v) is 2.82. The Hall–Kier alpha value is -0.660. The molecule has 21 heavy (non-hydrogen) atoms. The minimum atomic E-state index is -2.95. The third-order valence-electron chi connectivity index (χ3n) is 3.71. The van der Waals surface area contributed by atoms with E-state index >= 15 is 0 Å². The van der Waals surface area contributed by atoms with Crippen molar-refractivity contribution in [3.8, 4) is 0 Å². The van der Waals surface area contributed by atoms with Crippen LogP contribution in [0.1, 0.15) is 39.5 Å². The van der Waals surface area contributed by atoms with Crippen LogP contribution in [-0.2, 0) is 14.6 Å². The van der Waals surface area contributed by atoms with Crippen LogP contribution < -0.4 is 5.32 Å². The highest BCUT2D eigenvalue weighted by Crippen LogP contribution is 2.18. The summed E-state index contributed by atoms with van der Waals surface area (Å²) in [7, 11) is -1.09. The molecule has 0 bridgehead atoms. The van der Waals surface area contributed by atoms with Crippen molar-refractivity contribution >= 4 is 15.8 Å². The van der Waals surface area contributed by atoms with Gasteiger partial charge in [-0.3, -0.25) is 4.79 Å². The van der Waals surface area contributed by atoms with E-state index in [-0.39, 0.29) is 5.75 Å². The molecule has 0 aromatic heterocycles. The third kappa shape index (κ3) is 8.38. The van der Waals surface area contributed by atoms with E-state index in [1.165, 1.54) is 6.26 Å². The van der Waals surface area contributed by atoms with Crippen LogP contribution in [0.25, 0.3) is 0 Å². The van der Waals surface area contributed by atoms with Crippen LogP contribution >= 0.6 is 0 Å². The molecular weight excluding hydrogens is 292 g/mol. The van der Waals surface area contributed by atoms with Crippen molar-refractivity contribution in [3.05, 3.63) is 0 Å². The largest absolute Gasteiger partial charge is 0.480 e. The van der Waals surface area contributed by atoms with Crippen molar-refractivity contribution < 1.29 is 18.3 Å². The summed E-state index contributed by atoms with van der Waals surface area (Å²) >= 11 is 0. The summed E-state index contributed by atoms with van der Waals surface area (Å²) < 4.78 is 22.2. The number of carboxylic acids is 1. The van der Waals surface area contributed by atoms with E-state index in [0.717, 1.165) is 12.8 Å². The van der Waals surface area contributed by atoms with Crippen LogP contribution in [-0.4, -0.2) is 68.6 Å². The molecule has 0 aliphatic rings. The van der Waals surface area contributed by atoms with Crippen LogP contribution in [0.15, 0.2) is 0 Å². The van der Waals surface area contributed by atoms with E-state index in [1.807, 2.05) is 25.8 Å². The summed E-state index contributed by atoms with van der Waals surface area (Å²) in [6, 6.07) is 0. The highest BCUT2D eigenvalue weighted by Gasteiger charge is 2.35. The van der Waals surface area contributed by atoms with E-state index in [1.54, 1.807) is 0 Å². The SMILES string of the molecule is CCCNC(CC)(CCCN(C)CCS(C)(=O)=O)C(=O)O. The molecule has 0 aliphatic carbocycles. The summed E-state index contributed by atoms with van der Waals surface area (Å²) in [5.74, 6) is -0.674. The number of hydrogen-bond donors (Lipinski definition) is 2. The van der Waals surface area contributed by atoms with Crippen molar-refractivity contribution in [3.63, 3.8) is 0 Å². The highest BCUT2D eigenvalue weighted by atomic mass is 32.2. The predicted octanol–water partition coefficient (Wildman–Crippen LogP) is 0.976. The number of sulfone groups is 1. The second-order valence-electron chi connectivity index (χ2n) is 5.70. The van der Waals surface area contributed by atoms with Gasteiger partial charge < -0.3 is 15.3 Å². The number of hydrogen-bond acceptors (Lipinski definition) is 5. The molecule has 6 nitrogen and oxygen atoms in total. The molecule has 0 aromatic carbocycles. The Balaban J connectivity index is 4.33. The summed E-state index contributed by atoms with van der Waals surface area (Å²) in [6.45, 7) is 5.74. The summed E-state index contributed by atoms with van der Waals surface area (Å²) in [5, 5.41) is 12.6. The van der Waals surface area contributed by atoms with E-state index in [2.05, 4.69) is 5.32 Å². The van der Waals surface area contributed by atoms with Crippen LogP contribution in [0, 0.1) is 0 Å². The van der Waals surface area contributed by atoms with Crippen molar-refractivity contribution in [1.29, 1.82) is 0 Å². The maximum absolute atomic E-state index is 11.5. The molecule has 7 heteroatoms. The Morgan fingerprint density at radius 1 is 1.29 bits per heavy atom. The number of carbonyl (C=O) groups is 1. The van der Waals surface area contributed by atoms with Gasteiger partial charge in [-0.1, -0.05) is 13.8 Å². The van der Waals surface area contributed by atoms with Gasteiger partial charge >= 0.3 is 5.97 Å². The average molecular weight is 322 g/mol. The van der Waals surface area contributed by atoms with Crippen LogP contribution in [0.4, 0.5) is 0 Å². The first-order valence-electron chi connectivity index (χ1n) is 7.51. The van der Waals surface area contributed by atoms with Crippen molar-refractivity contribution in [1.82, 2.24) is 10.2 Å². The first-order chi connectivity index (χ1) is 9.67. The summed E-state index contributed by atoms with van der Waals surface area (Å²) in [5.41, 5.74) is -0.867. The normalized spacial score (nSPS) is 15.1. The monoisotopic (exact) mass is 322 g/mol. The molecule has 0 spiro atoms. The van der Waals surface area contributed by atoms with E-state index in [4.69, 9.17) is 0 Å². The quantitative estimate of drug-likeness (QED) is 0.557. The van der Waals surface area contributed by atoms with Gasteiger partial charge in [0.2, 0.25) is 0 Å². The lowest BCUT2D eigenvalue weighted by atomic mass is 9.90. The van der Waals surface area contributed by atoms with Crippen LogP contribution in [0.2, 0.25) is 0 Å². The van der Waals surface area contributed by atoms with E-state index in [9.17, 15) is 18.3 Å². The highest BCUT2D eigenvalue weighted by molar-refractivity contribution is 7.90. The Labute approximate surface area is 128 Å². The summed E-state index contributed by atoms with van der Waals surface area (Å²) in [6.07, 6.45) is 3.92. The smallest absolute Gasteiger partial charge is 0.323 e. The Kier molecular flexibility index (Phi) is 9.08. The lowest BCUT2D eigenvalue weighted by Gasteiger charge is -2.30. The van der Waals surface area contributed by atoms with Crippen molar-refractivity contribution in [2.45, 2.75) is 45.1 Å². The molecule has 0 radical (unpaired) electrons. The van der Waals surface area contributed by atoms with Gasteiger partial charge in [-0.2, -0.15) is 0 Å². The molecule has 1 unspecified atom stereocenters. The number of rotatable bonds is 12. The van der Waals surface area contributed by atoms with Gasteiger partial charge in [0.25, 0.3) is 0 Å². The molecule has 0 aliphatic heterocycles. The molecule has 0 heterocycles. The first kappa shape index (κ1) is 20.3. The van der Waals surface area contributed by atoms with Crippen molar-refractivity contribution in [2.75, 3.05) is 38.7 Å². The van der Waals surface area contributed by atoms with Gasteiger partial charge in [0, 0.05) is 12.8 Å². The average Bonchev–Trinajstić information content (AvgIpc) is 2.39. The zero-order valence-corrected chi connectivity index (χ0v) is 14.5. The molecule has 0 amide bonds. The number of aliphatic carboxylic acids is 1. The van der Waals surface area contributed by atoms with Gasteiger partial charge in [-0.15, -0.1) is 0 Å². The molecule has 2 N–H and O–H groups in total. The second-order valence-corrected chi connectivity index (χ2v) is 7.96. The molecule has 0 saturated carbocycles. The molecule has 126 valence electrons. The molecular formula is C14H30N2O4S. The van der Waals surface area contributed by atoms with Gasteiger partial charge in [0.15, 0.2) is 0 Å². The predicted molar refractivity (Wildman–Crippen MR) is 85.4 cm³/mol. The van der Waals surface area contributed by atoms with E-state index in [0.29, 0.717) is 32.5 Å². The zero-order valence-electron chi connectivity index (χ0n) is 13.7. The molecule has 0 rings (SSSR count). The minimum absolute atomic E-state index is 0.134. The molecule has 0 saturated heterocycles. The number of carboxylic acid groups (broad SMARTS) is 1. The van der Waals surface area contributed by atoms with Gasteiger partial charge in [-0.25, -0.2) is 8.42 Å². The van der Waals surface area contributed by atoms with Crippen LogP contribution in [0.5, 0.6) is 0 Å². The third-order valence-corrected chi connectivity index (χ3v) is 4.64. The standard InChI is InChI=1S/C14H30N2O4S/c1-5-9-15-14(6-2,13(17)18)8-7-10-16(3)11-12-21(4,19)20/h15H,5-12H2,1-4H3,(H,17,18). The Morgan fingerprint density at radius 3 is 2.33 bits per heavy atom. The lowest BCUT2D eigenvalue weighted by molar-refractivity contribution is -0.145. The fourth-order valence-electron chi connectivity index (χ4n) is 2.17. The topological polar surface area (TPSA) is 86.7 Å². The molecule has 0 aromatic rings. The van der Waals surface area contributed by atoms with Crippen molar-refractivity contribution in [2.24, 2.45) is 0 Å². The zero-order chi connectivity index (χ0) is 16.5. The van der Waals surface area contributed by atoms with Crippen LogP contribution in [0.3, 0.4) is 0 Å². The number of nitrogens with one attached hydrogen (secondary N) is 1. The van der Waals surface area contributed by atoms with Gasteiger partial charge in [0.1, 0.15) is 15.4 Å². The maximum Gasteiger partial charge on any atom is 0.323 e. The maximum atomic E-state index is 11.5. The second kappa shape index (κ2) is 9.38. The lowest BCUT2D eigenvalue weighted by Crippen LogP contribution is -2.52. The fraction of sp³-hybridized carbons (Fsp3) is 0.929. The first-order valence-corrected chi connectivity index (χ1v) is 9.57.